The van der Waals surface area contributed by atoms with Crippen LogP contribution in [0.1, 0.15) is 46.5 Å². The van der Waals surface area contributed by atoms with Gasteiger partial charge in [-0.15, -0.1) is 0 Å². The molecule has 2 rings (SSSR count). The van der Waals surface area contributed by atoms with Crippen molar-refractivity contribution in [2.45, 2.75) is 64.1 Å². The van der Waals surface area contributed by atoms with E-state index < -0.39 is 0 Å². The number of piperidine rings is 1. The van der Waals surface area contributed by atoms with Crippen LogP contribution in [-0.4, -0.2) is 47.8 Å². The van der Waals surface area contributed by atoms with Gasteiger partial charge in [0, 0.05) is 24.2 Å². The Hall–Kier alpha value is -0.120. The molecule has 0 aromatic rings. The van der Waals surface area contributed by atoms with Gasteiger partial charge in [0.2, 0.25) is 0 Å². The SMILES string of the molecule is CNC1(CO)CCC(N2CC(C)CC(C)C2C)C1. The van der Waals surface area contributed by atoms with Crippen molar-refractivity contribution in [3.8, 4) is 0 Å². The molecule has 1 aliphatic carbocycles. The van der Waals surface area contributed by atoms with Crippen molar-refractivity contribution < 1.29 is 5.11 Å². The highest BCUT2D eigenvalue weighted by Crippen LogP contribution is 2.37. The number of hydrogen-bond acceptors (Lipinski definition) is 3. The molecule has 1 saturated carbocycles. The third kappa shape index (κ3) is 2.59. The summed E-state index contributed by atoms with van der Waals surface area (Å²) < 4.78 is 0. The minimum absolute atomic E-state index is 0.0195. The Bertz CT molecular complexity index is 278. The van der Waals surface area contributed by atoms with Crippen LogP contribution in [0.5, 0.6) is 0 Å². The van der Waals surface area contributed by atoms with Gasteiger partial charge in [0.15, 0.2) is 0 Å². The smallest absolute Gasteiger partial charge is 0.0613 e. The predicted octanol–water partition coefficient (Wildman–Crippen LogP) is 1.86. The van der Waals surface area contributed by atoms with Gasteiger partial charge in [0.1, 0.15) is 0 Å². The van der Waals surface area contributed by atoms with Crippen molar-refractivity contribution in [2.75, 3.05) is 20.2 Å². The van der Waals surface area contributed by atoms with Crippen LogP contribution >= 0.6 is 0 Å². The van der Waals surface area contributed by atoms with Crippen molar-refractivity contribution in [1.29, 1.82) is 0 Å². The van der Waals surface area contributed by atoms with E-state index >= 15 is 0 Å². The van der Waals surface area contributed by atoms with E-state index in [1.54, 1.807) is 0 Å². The van der Waals surface area contributed by atoms with Crippen molar-refractivity contribution in [2.24, 2.45) is 11.8 Å². The number of likely N-dealkylation sites (tertiary alicyclic amines) is 1. The van der Waals surface area contributed by atoms with E-state index in [0.29, 0.717) is 12.1 Å². The quantitative estimate of drug-likeness (QED) is 0.807. The maximum atomic E-state index is 9.62. The molecule has 18 heavy (non-hydrogen) atoms. The predicted molar refractivity (Wildman–Crippen MR) is 75.6 cm³/mol. The Labute approximate surface area is 112 Å². The zero-order valence-electron chi connectivity index (χ0n) is 12.4. The first-order chi connectivity index (χ1) is 8.51. The van der Waals surface area contributed by atoms with E-state index in [-0.39, 0.29) is 12.1 Å². The summed E-state index contributed by atoms with van der Waals surface area (Å²) in [4.78, 5) is 2.72. The molecule has 5 atom stereocenters. The lowest BCUT2D eigenvalue weighted by atomic mass is 9.84. The van der Waals surface area contributed by atoms with Crippen LogP contribution in [0.3, 0.4) is 0 Å². The summed E-state index contributed by atoms with van der Waals surface area (Å²) in [5.74, 6) is 1.61. The monoisotopic (exact) mass is 254 g/mol. The third-order valence-electron chi connectivity index (χ3n) is 5.53. The number of aliphatic hydroxyl groups excluding tert-OH is 1. The van der Waals surface area contributed by atoms with Crippen molar-refractivity contribution in [3.05, 3.63) is 0 Å². The van der Waals surface area contributed by atoms with Gasteiger partial charge in [0.05, 0.1) is 6.61 Å². The zero-order valence-corrected chi connectivity index (χ0v) is 12.4. The lowest BCUT2D eigenvalue weighted by Gasteiger charge is -2.45. The number of aliphatic hydroxyl groups is 1. The van der Waals surface area contributed by atoms with Crippen LogP contribution in [-0.2, 0) is 0 Å². The molecule has 0 aromatic heterocycles. The third-order valence-corrected chi connectivity index (χ3v) is 5.53. The number of likely N-dealkylation sites (N-methyl/N-ethyl adjacent to an activating group) is 1. The van der Waals surface area contributed by atoms with E-state index in [2.05, 4.69) is 31.0 Å². The second-order valence-electron chi connectivity index (χ2n) is 6.84. The maximum Gasteiger partial charge on any atom is 0.0613 e. The van der Waals surface area contributed by atoms with Gasteiger partial charge in [-0.3, -0.25) is 4.90 Å². The van der Waals surface area contributed by atoms with Gasteiger partial charge in [-0.1, -0.05) is 13.8 Å². The summed E-state index contributed by atoms with van der Waals surface area (Å²) >= 11 is 0. The van der Waals surface area contributed by atoms with Crippen molar-refractivity contribution in [3.63, 3.8) is 0 Å². The van der Waals surface area contributed by atoms with Gasteiger partial charge in [-0.2, -0.15) is 0 Å². The first-order valence-electron chi connectivity index (χ1n) is 7.57. The molecule has 2 N–H and O–H groups in total. The van der Waals surface area contributed by atoms with E-state index in [1.165, 1.54) is 19.4 Å². The van der Waals surface area contributed by atoms with E-state index in [1.807, 2.05) is 7.05 Å². The van der Waals surface area contributed by atoms with Crippen molar-refractivity contribution >= 4 is 0 Å². The molecule has 0 bridgehead atoms. The van der Waals surface area contributed by atoms with Crippen LogP contribution in [0.25, 0.3) is 0 Å². The highest BCUT2D eigenvalue weighted by Gasteiger charge is 2.42. The second kappa shape index (κ2) is 5.48. The molecule has 3 heteroatoms. The molecule has 3 nitrogen and oxygen atoms in total. The van der Waals surface area contributed by atoms with Crippen LogP contribution in [0.4, 0.5) is 0 Å². The molecule has 0 aromatic carbocycles. The minimum Gasteiger partial charge on any atom is -0.394 e. The minimum atomic E-state index is -0.0195. The van der Waals surface area contributed by atoms with Crippen LogP contribution in [0.15, 0.2) is 0 Å². The lowest BCUT2D eigenvalue weighted by Crippen LogP contribution is -2.52. The number of hydrogen-bond donors (Lipinski definition) is 2. The molecular weight excluding hydrogens is 224 g/mol. The summed E-state index contributed by atoms with van der Waals surface area (Å²) in [6.45, 7) is 8.66. The Kier molecular flexibility index (Phi) is 4.35. The molecule has 2 fully saturated rings. The Morgan fingerprint density at radius 3 is 2.61 bits per heavy atom. The fourth-order valence-electron chi connectivity index (χ4n) is 4.07. The van der Waals surface area contributed by atoms with Gasteiger partial charge >= 0.3 is 0 Å². The van der Waals surface area contributed by atoms with E-state index in [0.717, 1.165) is 24.7 Å². The van der Waals surface area contributed by atoms with Gasteiger partial charge < -0.3 is 10.4 Å². The molecule has 0 radical (unpaired) electrons. The number of nitrogens with one attached hydrogen (secondary N) is 1. The maximum absolute atomic E-state index is 9.62. The largest absolute Gasteiger partial charge is 0.394 e. The molecule has 5 unspecified atom stereocenters. The Morgan fingerprint density at radius 1 is 1.33 bits per heavy atom. The van der Waals surface area contributed by atoms with Crippen molar-refractivity contribution in [1.82, 2.24) is 10.2 Å². The average Bonchev–Trinajstić information content (AvgIpc) is 2.79. The molecule has 0 spiro atoms. The van der Waals surface area contributed by atoms with Crippen LogP contribution < -0.4 is 5.32 Å². The average molecular weight is 254 g/mol. The summed E-state index contributed by atoms with van der Waals surface area (Å²) in [7, 11) is 1.99. The molecule has 106 valence electrons. The fraction of sp³-hybridized carbons (Fsp3) is 1.00. The Balaban J connectivity index is 2.04. The normalized spacial score (nSPS) is 46.5. The summed E-state index contributed by atoms with van der Waals surface area (Å²) in [6.07, 6.45) is 4.80. The topological polar surface area (TPSA) is 35.5 Å². The molecule has 2 aliphatic rings. The standard InChI is InChI=1S/C15H30N2O/c1-11-7-12(2)13(3)17(9-11)14-5-6-15(8-14,10-18)16-4/h11-14,16,18H,5-10H2,1-4H3. The van der Waals surface area contributed by atoms with Crippen LogP contribution in [0.2, 0.25) is 0 Å². The summed E-state index contributed by atoms with van der Waals surface area (Å²) in [5.41, 5.74) is -0.0195. The number of rotatable bonds is 3. The molecule has 1 heterocycles. The number of nitrogens with zero attached hydrogens (tertiary/aromatic N) is 1. The molecule has 1 aliphatic heterocycles. The summed E-state index contributed by atoms with van der Waals surface area (Å²) in [6, 6.07) is 1.35. The highest BCUT2D eigenvalue weighted by molar-refractivity contribution is 5.00. The first-order valence-corrected chi connectivity index (χ1v) is 7.57. The summed E-state index contributed by atoms with van der Waals surface area (Å²) in [5, 5.41) is 13.0. The van der Waals surface area contributed by atoms with E-state index in [4.69, 9.17) is 0 Å². The first kappa shape index (κ1) is 14.3. The molecular formula is C15H30N2O. The molecule has 0 amide bonds. The van der Waals surface area contributed by atoms with Gasteiger partial charge in [0.25, 0.3) is 0 Å². The zero-order chi connectivity index (χ0) is 13.3. The van der Waals surface area contributed by atoms with Gasteiger partial charge in [-0.25, -0.2) is 0 Å². The highest BCUT2D eigenvalue weighted by atomic mass is 16.3. The Morgan fingerprint density at radius 2 is 2.06 bits per heavy atom. The van der Waals surface area contributed by atoms with Gasteiger partial charge in [-0.05, 0) is 51.5 Å². The van der Waals surface area contributed by atoms with E-state index in [9.17, 15) is 5.11 Å². The fourth-order valence-corrected chi connectivity index (χ4v) is 4.07. The van der Waals surface area contributed by atoms with Crippen LogP contribution in [0, 0.1) is 11.8 Å². The molecule has 1 saturated heterocycles. The second-order valence-corrected chi connectivity index (χ2v) is 6.84. The lowest BCUT2D eigenvalue weighted by molar-refractivity contribution is 0.0371.